The summed E-state index contributed by atoms with van der Waals surface area (Å²) < 4.78 is 6.14. The van der Waals surface area contributed by atoms with Crippen LogP contribution >= 0.6 is 15.9 Å². The van der Waals surface area contributed by atoms with Crippen LogP contribution in [0.2, 0.25) is 0 Å². The average Bonchev–Trinajstić information content (AvgIpc) is 2.81. The van der Waals surface area contributed by atoms with Gasteiger partial charge in [-0.1, -0.05) is 22.0 Å². The van der Waals surface area contributed by atoms with E-state index in [1.165, 1.54) is 0 Å². The summed E-state index contributed by atoms with van der Waals surface area (Å²) in [4.78, 5) is 14.4. The Morgan fingerprint density at radius 1 is 1.56 bits per heavy atom. The number of hydrogen-bond donors (Lipinski definition) is 0. The van der Waals surface area contributed by atoms with Crippen LogP contribution in [0.5, 0.6) is 0 Å². The van der Waals surface area contributed by atoms with Gasteiger partial charge in [-0.3, -0.25) is 4.79 Å². The van der Waals surface area contributed by atoms with Crippen molar-refractivity contribution in [1.29, 1.82) is 0 Å². The summed E-state index contributed by atoms with van der Waals surface area (Å²) in [5, 5.41) is 0. The number of nitrogens with zero attached hydrogens (tertiary/aromatic N) is 1. The molecular formula is C14H18BrNO2. The van der Waals surface area contributed by atoms with Crippen LogP contribution in [0.3, 0.4) is 0 Å². The molecule has 0 saturated carbocycles. The van der Waals surface area contributed by atoms with Crippen LogP contribution in [0, 0.1) is 12.8 Å². The van der Waals surface area contributed by atoms with Crippen LogP contribution in [0.1, 0.15) is 22.3 Å². The maximum atomic E-state index is 12.4. The summed E-state index contributed by atoms with van der Waals surface area (Å²) in [6.45, 7) is 4.35. The van der Waals surface area contributed by atoms with Gasteiger partial charge in [-0.25, -0.2) is 0 Å². The van der Waals surface area contributed by atoms with Crippen LogP contribution in [0.4, 0.5) is 0 Å². The first-order chi connectivity index (χ1) is 8.63. The van der Waals surface area contributed by atoms with Crippen molar-refractivity contribution in [2.75, 3.05) is 26.8 Å². The quantitative estimate of drug-likeness (QED) is 0.859. The molecule has 0 N–H and O–H groups in total. The number of hydrogen-bond acceptors (Lipinski definition) is 2. The third-order valence-electron chi connectivity index (χ3n) is 3.47. The smallest absolute Gasteiger partial charge is 0.254 e. The molecule has 0 spiro atoms. The second-order valence-corrected chi connectivity index (χ2v) is 5.63. The maximum absolute atomic E-state index is 12.4. The van der Waals surface area contributed by atoms with Crippen molar-refractivity contribution in [3.63, 3.8) is 0 Å². The number of likely N-dealkylation sites (tertiary alicyclic amines) is 1. The summed E-state index contributed by atoms with van der Waals surface area (Å²) in [7, 11) is 1.71. The minimum atomic E-state index is 0.132. The highest BCUT2D eigenvalue weighted by molar-refractivity contribution is 9.10. The molecule has 1 aliphatic heterocycles. The van der Waals surface area contributed by atoms with Crippen molar-refractivity contribution in [3.8, 4) is 0 Å². The third kappa shape index (κ3) is 2.75. The van der Waals surface area contributed by atoms with E-state index in [2.05, 4.69) is 15.9 Å². The van der Waals surface area contributed by atoms with Crippen molar-refractivity contribution >= 4 is 21.8 Å². The highest BCUT2D eigenvalue weighted by Gasteiger charge is 2.27. The molecule has 1 aliphatic rings. The van der Waals surface area contributed by atoms with Crippen LogP contribution in [-0.4, -0.2) is 37.6 Å². The zero-order valence-electron chi connectivity index (χ0n) is 10.8. The van der Waals surface area contributed by atoms with E-state index in [1.54, 1.807) is 7.11 Å². The van der Waals surface area contributed by atoms with Crippen molar-refractivity contribution in [1.82, 2.24) is 4.90 Å². The predicted molar refractivity (Wildman–Crippen MR) is 74.8 cm³/mol. The Labute approximate surface area is 116 Å². The van der Waals surface area contributed by atoms with E-state index in [0.717, 1.165) is 41.7 Å². The van der Waals surface area contributed by atoms with Gasteiger partial charge in [-0.05, 0) is 31.0 Å². The number of ether oxygens (including phenoxy) is 1. The minimum Gasteiger partial charge on any atom is -0.384 e. The van der Waals surface area contributed by atoms with E-state index >= 15 is 0 Å². The lowest BCUT2D eigenvalue weighted by molar-refractivity contribution is 0.0774. The molecule has 0 bridgehead atoms. The molecule has 0 aliphatic carbocycles. The molecular weight excluding hydrogens is 294 g/mol. The largest absolute Gasteiger partial charge is 0.384 e. The highest BCUT2D eigenvalue weighted by atomic mass is 79.9. The molecule has 1 amide bonds. The maximum Gasteiger partial charge on any atom is 0.254 e. The van der Waals surface area contributed by atoms with E-state index < -0.39 is 0 Å². The first-order valence-electron chi connectivity index (χ1n) is 6.16. The second-order valence-electron chi connectivity index (χ2n) is 4.77. The zero-order valence-corrected chi connectivity index (χ0v) is 12.4. The number of carbonyl (C=O) groups is 1. The molecule has 3 nitrogen and oxygen atoms in total. The monoisotopic (exact) mass is 311 g/mol. The number of rotatable bonds is 3. The van der Waals surface area contributed by atoms with Gasteiger partial charge < -0.3 is 9.64 Å². The number of amides is 1. The molecule has 1 heterocycles. The van der Waals surface area contributed by atoms with Gasteiger partial charge >= 0.3 is 0 Å². The topological polar surface area (TPSA) is 29.5 Å². The van der Waals surface area contributed by atoms with Crippen molar-refractivity contribution in [3.05, 3.63) is 33.8 Å². The molecule has 1 saturated heterocycles. The minimum absolute atomic E-state index is 0.132. The molecule has 4 heteroatoms. The standard InChI is InChI=1S/C14H18BrNO2/c1-10-12(4-3-5-13(10)15)14(17)16-7-6-11(8-16)9-18-2/h3-5,11H,6-9H2,1-2H3. The Morgan fingerprint density at radius 2 is 2.33 bits per heavy atom. The Bertz CT molecular complexity index is 447. The van der Waals surface area contributed by atoms with E-state index in [0.29, 0.717) is 5.92 Å². The van der Waals surface area contributed by atoms with Crippen LogP contribution in [-0.2, 0) is 4.74 Å². The molecule has 1 unspecified atom stereocenters. The molecule has 2 rings (SSSR count). The van der Waals surface area contributed by atoms with Gasteiger partial charge in [-0.2, -0.15) is 0 Å². The van der Waals surface area contributed by atoms with E-state index in [4.69, 9.17) is 4.74 Å². The van der Waals surface area contributed by atoms with Gasteiger partial charge in [-0.15, -0.1) is 0 Å². The Morgan fingerprint density at radius 3 is 3.06 bits per heavy atom. The van der Waals surface area contributed by atoms with Crippen molar-refractivity contribution in [2.45, 2.75) is 13.3 Å². The van der Waals surface area contributed by atoms with E-state index in [9.17, 15) is 4.79 Å². The molecule has 0 radical (unpaired) electrons. The molecule has 1 fully saturated rings. The lowest BCUT2D eigenvalue weighted by atomic mass is 10.1. The Balaban J connectivity index is 2.11. The molecule has 0 aromatic heterocycles. The first-order valence-corrected chi connectivity index (χ1v) is 6.96. The van der Waals surface area contributed by atoms with Crippen LogP contribution in [0.15, 0.2) is 22.7 Å². The lowest BCUT2D eigenvalue weighted by Crippen LogP contribution is -2.29. The fourth-order valence-electron chi connectivity index (χ4n) is 2.40. The van der Waals surface area contributed by atoms with Crippen LogP contribution < -0.4 is 0 Å². The number of carbonyl (C=O) groups excluding carboxylic acids is 1. The number of methoxy groups -OCH3 is 1. The van der Waals surface area contributed by atoms with E-state index in [-0.39, 0.29) is 5.91 Å². The Hall–Kier alpha value is -0.870. The lowest BCUT2D eigenvalue weighted by Gasteiger charge is -2.18. The Kier molecular flexibility index (Phi) is 4.40. The van der Waals surface area contributed by atoms with Gasteiger partial charge in [0, 0.05) is 36.2 Å². The number of halogens is 1. The van der Waals surface area contributed by atoms with Gasteiger partial charge in [0.2, 0.25) is 0 Å². The van der Waals surface area contributed by atoms with Gasteiger partial charge in [0.15, 0.2) is 0 Å². The fourth-order valence-corrected chi connectivity index (χ4v) is 2.76. The molecule has 1 aromatic carbocycles. The molecule has 98 valence electrons. The number of benzene rings is 1. The van der Waals surface area contributed by atoms with Gasteiger partial charge in [0.1, 0.15) is 0 Å². The van der Waals surface area contributed by atoms with Gasteiger partial charge in [0.05, 0.1) is 6.61 Å². The normalized spacial score (nSPS) is 19.3. The summed E-state index contributed by atoms with van der Waals surface area (Å²) in [6.07, 6.45) is 1.03. The highest BCUT2D eigenvalue weighted by Crippen LogP contribution is 2.24. The van der Waals surface area contributed by atoms with Gasteiger partial charge in [0.25, 0.3) is 5.91 Å². The van der Waals surface area contributed by atoms with Crippen molar-refractivity contribution < 1.29 is 9.53 Å². The molecule has 1 aromatic rings. The summed E-state index contributed by atoms with van der Waals surface area (Å²) in [5.41, 5.74) is 1.81. The summed E-state index contributed by atoms with van der Waals surface area (Å²) in [6, 6.07) is 5.77. The predicted octanol–water partition coefficient (Wildman–Crippen LogP) is 2.87. The first kappa shape index (κ1) is 13.6. The molecule has 1 atom stereocenters. The van der Waals surface area contributed by atoms with Crippen molar-refractivity contribution in [2.24, 2.45) is 5.92 Å². The van der Waals surface area contributed by atoms with E-state index in [1.807, 2.05) is 30.0 Å². The summed E-state index contributed by atoms with van der Waals surface area (Å²) >= 11 is 3.47. The third-order valence-corrected chi connectivity index (χ3v) is 4.33. The average molecular weight is 312 g/mol. The van der Waals surface area contributed by atoms with Crippen LogP contribution in [0.25, 0.3) is 0 Å². The SMILES string of the molecule is COCC1CCN(C(=O)c2cccc(Br)c2C)C1. The molecule has 18 heavy (non-hydrogen) atoms. The summed E-state index contributed by atoms with van der Waals surface area (Å²) in [5.74, 6) is 0.610. The zero-order chi connectivity index (χ0) is 13.1. The fraction of sp³-hybridized carbons (Fsp3) is 0.500. The second kappa shape index (κ2) is 5.85.